The zero-order chi connectivity index (χ0) is 12.6. The molecule has 0 aliphatic heterocycles. The van der Waals surface area contributed by atoms with Gasteiger partial charge in [0.05, 0.1) is 6.42 Å². The summed E-state index contributed by atoms with van der Waals surface area (Å²) in [6.07, 6.45) is 4.92. The first-order chi connectivity index (χ1) is 7.39. The molecular weight excluding hydrogens is 204 g/mol. The van der Waals surface area contributed by atoms with Gasteiger partial charge in [-0.05, 0) is 33.1 Å². The molecule has 1 unspecified atom stereocenters. The lowest BCUT2D eigenvalue weighted by Gasteiger charge is -2.18. The Morgan fingerprint density at radius 3 is 2.31 bits per heavy atom. The molecule has 0 bridgehead atoms. The lowest BCUT2D eigenvalue weighted by atomic mass is 9.96. The van der Waals surface area contributed by atoms with E-state index in [-0.39, 0.29) is 5.97 Å². The Kier molecular flexibility index (Phi) is 7.39. The summed E-state index contributed by atoms with van der Waals surface area (Å²) < 4.78 is 0. The van der Waals surface area contributed by atoms with Crippen molar-refractivity contribution in [2.45, 2.75) is 72.3 Å². The minimum atomic E-state index is -0.430. The van der Waals surface area contributed by atoms with Gasteiger partial charge in [-0.1, -0.05) is 33.1 Å². The highest BCUT2D eigenvalue weighted by Gasteiger charge is 2.18. The molecule has 0 aliphatic carbocycles. The Morgan fingerprint density at radius 1 is 1.25 bits per heavy atom. The molecule has 16 heavy (non-hydrogen) atoms. The number of rotatable bonds is 7. The van der Waals surface area contributed by atoms with Crippen LogP contribution >= 0.6 is 0 Å². The Balaban J connectivity index is 3.83. The molecule has 3 nitrogen and oxygen atoms in total. The van der Waals surface area contributed by atoms with Crippen LogP contribution in [0.1, 0.15) is 66.7 Å². The van der Waals surface area contributed by atoms with Gasteiger partial charge in [-0.15, -0.1) is 0 Å². The van der Waals surface area contributed by atoms with Crippen LogP contribution in [0.25, 0.3) is 0 Å². The van der Waals surface area contributed by atoms with Crippen molar-refractivity contribution in [3.63, 3.8) is 0 Å². The van der Waals surface area contributed by atoms with Crippen LogP contribution in [0, 0.1) is 5.92 Å². The van der Waals surface area contributed by atoms with Crippen LogP contribution in [0.15, 0.2) is 0 Å². The van der Waals surface area contributed by atoms with Crippen molar-refractivity contribution >= 4 is 5.97 Å². The molecular formula is C13H26O3. The molecule has 0 saturated carbocycles. The van der Waals surface area contributed by atoms with Crippen molar-refractivity contribution in [2.75, 3.05) is 0 Å². The minimum Gasteiger partial charge on any atom is -0.298 e. The highest BCUT2D eigenvalue weighted by molar-refractivity contribution is 5.68. The van der Waals surface area contributed by atoms with E-state index in [1.54, 1.807) is 0 Å². The largest absolute Gasteiger partial charge is 0.342 e. The van der Waals surface area contributed by atoms with E-state index in [2.05, 4.69) is 13.8 Å². The first-order valence-corrected chi connectivity index (χ1v) is 6.27. The van der Waals surface area contributed by atoms with Crippen LogP contribution in [-0.4, -0.2) is 11.6 Å². The first-order valence-electron chi connectivity index (χ1n) is 6.27. The summed E-state index contributed by atoms with van der Waals surface area (Å²) in [5, 5.41) is 0. The van der Waals surface area contributed by atoms with Crippen molar-refractivity contribution in [1.82, 2.24) is 0 Å². The molecule has 0 saturated heterocycles. The van der Waals surface area contributed by atoms with Gasteiger partial charge in [0.15, 0.2) is 0 Å². The van der Waals surface area contributed by atoms with Gasteiger partial charge in [0.1, 0.15) is 5.60 Å². The smallest absolute Gasteiger partial charge is 0.298 e. The summed E-state index contributed by atoms with van der Waals surface area (Å²) in [5.41, 5.74) is -0.430. The Hall–Kier alpha value is -0.570. The molecule has 0 aromatic carbocycles. The van der Waals surface area contributed by atoms with E-state index >= 15 is 0 Å². The van der Waals surface area contributed by atoms with E-state index in [1.807, 2.05) is 20.8 Å². The third-order valence-corrected chi connectivity index (χ3v) is 2.38. The molecule has 96 valence electrons. The summed E-state index contributed by atoms with van der Waals surface area (Å²) >= 11 is 0. The molecule has 0 radical (unpaired) electrons. The monoisotopic (exact) mass is 230 g/mol. The third-order valence-electron chi connectivity index (χ3n) is 2.38. The van der Waals surface area contributed by atoms with Gasteiger partial charge in [0.2, 0.25) is 0 Å². The summed E-state index contributed by atoms with van der Waals surface area (Å²) in [5.74, 6) is 0.175. The predicted molar refractivity (Wildman–Crippen MR) is 64.9 cm³/mol. The standard InChI is InChI=1S/C13H26O3/c1-6-8-9-11(7-2)10-12(14)15-16-13(3,4)5/h11H,6-10H2,1-5H3. The van der Waals surface area contributed by atoms with Crippen molar-refractivity contribution in [3.8, 4) is 0 Å². The molecule has 0 amide bonds. The van der Waals surface area contributed by atoms with Gasteiger partial charge in [0, 0.05) is 0 Å². The maximum atomic E-state index is 11.5. The zero-order valence-electron chi connectivity index (χ0n) is 11.3. The van der Waals surface area contributed by atoms with Crippen LogP contribution in [0.2, 0.25) is 0 Å². The number of carbonyl (C=O) groups excluding carboxylic acids is 1. The van der Waals surface area contributed by atoms with E-state index in [0.29, 0.717) is 12.3 Å². The predicted octanol–water partition coefficient (Wildman–Crippen LogP) is 3.87. The van der Waals surface area contributed by atoms with E-state index in [4.69, 9.17) is 9.78 Å². The third kappa shape index (κ3) is 8.72. The normalized spacial score (nSPS) is 13.6. The van der Waals surface area contributed by atoms with Crippen LogP contribution in [0.5, 0.6) is 0 Å². The summed E-state index contributed by atoms with van der Waals surface area (Å²) in [4.78, 5) is 21.2. The van der Waals surface area contributed by atoms with E-state index in [0.717, 1.165) is 12.8 Å². The summed E-state index contributed by atoms with van der Waals surface area (Å²) in [7, 11) is 0. The molecule has 1 atom stereocenters. The molecule has 0 rings (SSSR count). The Labute approximate surface area is 99.4 Å². The molecule has 0 aromatic heterocycles. The number of hydrogen-bond donors (Lipinski definition) is 0. The summed E-state index contributed by atoms with van der Waals surface area (Å²) in [6, 6.07) is 0. The van der Waals surface area contributed by atoms with E-state index in [1.165, 1.54) is 12.8 Å². The van der Waals surface area contributed by atoms with E-state index in [9.17, 15) is 4.79 Å². The average Bonchev–Trinajstić information content (AvgIpc) is 2.20. The zero-order valence-corrected chi connectivity index (χ0v) is 11.3. The second-order valence-electron chi connectivity index (χ2n) is 5.27. The quantitative estimate of drug-likeness (QED) is 0.492. The van der Waals surface area contributed by atoms with Gasteiger partial charge in [-0.2, -0.15) is 4.89 Å². The van der Waals surface area contributed by atoms with Crippen LogP contribution in [0.3, 0.4) is 0 Å². The van der Waals surface area contributed by atoms with Crippen molar-refractivity contribution in [3.05, 3.63) is 0 Å². The van der Waals surface area contributed by atoms with Gasteiger partial charge < -0.3 is 0 Å². The molecule has 0 N–H and O–H groups in total. The fraction of sp³-hybridized carbons (Fsp3) is 0.923. The number of hydrogen-bond acceptors (Lipinski definition) is 3. The highest BCUT2D eigenvalue weighted by atomic mass is 17.2. The Bertz CT molecular complexity index is 194. The molecule has 0 aliphatic rings. The second kappa shape index (κ2) is 7.66. The lowest BCUT2D eigenvalue weighted by molar-refractivity contribution is -0.321. The van der Waals surface area contributed by atoms with Crippen LogP contribution < -0.4 is 0 Å². The Morgan fingerprint density at radius 2 is 1.88 bits per heavy atom. The highest BCUT2D eigenvalue weighted by Crippen LogP contribution is 2.18. The number of unbranched alkanes of at least 4 members (excludes halogenated alkanes) is 1. The molecule has 3 heteroatoms. The van der Waals surface area contributed by atoms with Crippen LogP contribution in [-0.2, 0) is 14.6 Å². The second-order valence-corrected chi connectivity index (χ2v) is 5.27. The SMILES string of the molecule is CCCCC(CC)CC(=O)OOC(C)(C)C. The minimum absolute atomic E-state index is 0.252. The van der Waals surface area contributed by atoms with Gasteiger partial charge in [-0.25, -0.2) is 4.79 Å². The molecule has 0 heterocycles. The maximum Gasteiger partial charge on any atom is 0.342 e. The van der Waals surface area contributed by atoms with Crippen molar-refractivity contribution < 1.29 is 14.6 Å². The first kappa shape index (κ1) is 15.4. The topological polar surface area (TPSA) is 35.5 Å². The van der Waals surface area contributed by atoms with E-state index < -0.39 is 5.60 Å². The average molecular weight is 230 g/mol. The molecule has 0 aromatic rings. The van der Waals surface area contributed by atoms with Gasteiger partial charge in [0.25, 0.3) is 0 Å². The molecule has 0 spiro atoms. The lowest BCUT2D eigenvalue weighted by Crippen LogP contribution is -2.22. The summed E-state index contributed by atoms with van der Waals surface area (Å²) in [6.45, 7) is 9.84. The fourth-order valence-corrected chi connectivity index (χ4v) is 1.38. The van der Waals surface area contributed by atoms with Crippen molar-refractivity contribution in [2.24, 2.45) is 5.92 Å². The van der Waals surface area contributed by atoms with Gasteiger partial charge >= 0.3 is 5.97 Å². The fourth-order valence-electron chi connectivity index (χ4n) is 1.38. The van der Waals surface area contributed by atoms with Gasteiger partial charge in [-0.3, -0.25) is 4.89 Å². The number of carbonyl (C=O) groups is 1. The van der Waals surface area contributed by atoms with Crippen molar-refractivity contribution in [1.29, 1.82) is 0 Å². The van der Waals surface area contributed by atoms with Crippen LogP contribution in [0.4, 0.5) is 0 Å². The maximum absolute atomic E-state index is 11.5. The molecule has 0 fully saturated rings.